The van der Waals surface area contributed by atoms with Gasteiger partial charge in [-0.05, 0) is 55.7 Å². The van der Waals surface area contributed by atoms with Crippen molar-refractivity contribution in [2.24, 2.45) is 0 Å². The molecule has 2 atom stereocenters. The van der Waals surface area contributed by atoms with Gasteiger partial charge in [0.05, 0.1) is 29.1 Å². The van der Waals surface area contributed by atoms with Gasteiger partial charge in [-0.3, -0.25) is 14.2 Å². The number of aliphatic hydroxyl groups is 1. The summed E-state index contributed by atoms with van der Waals surface area (Å²) in [5, 5.41) is 9.72. The van der Waals surface area contributed by atoms with E-state index in [-0.39, 0.29) is 22.4 Å². The number of β-amino-alcohol motifs (C(OH)–C–C–N with tert-alkyl or cyclic N) is 1. The molecule has 0 saturated carbocycles. The second kappa shape index (κ2) is 10.6. The van der Waals surface area contributed by atoms with E-state index in [1.54, 1.807) is 13.0 Å². The first-order chi connectivity index (χ1) is 18.6. The van der Waals surface area contributed by atoms with Gasteiger partial charge in [-0.15, -0.1) is 0 Å². The van der Waals surface area contributed by atoms with E-state index in [4.69, 9.17) is 4.42 Å². The highest BCUT2D eigenvalue weighted by molar-refractivity contribution is 7.92. The molecule has 4 aromatic rings. The number of nitrogens with one attached hydrogen (secondary N) is 1. The summed E-state index contributed by atoms with van der Waals surface area (Å²) in [6, 6.07) is 13.7. The maximum Gasteiger partial charge on any atom is 0.420 e. The number of hydrogen-bond donors (Lipinski definition) is 2. The van der Waals surface area contributed by atoms with Gasteiger partial charge >= 0.3 is 5.76 Å². The Morgan fingerprint density at radius 3 is 2.77 bits per heavy atom. The first kappa shape index (κ1) is 26.6. The Bertz CT molecular complexity index is 1770. The lowest BCUT2D eigenvalue weighted by molar-refractivity contribution is 0.180. The van der Waals surface area contributed by atoms with Crippen molar-refractivity contribution in [2.45, 2.75) is 37.3 Å². The molecule has 202 valence electrons. The van der Waals surface area contributed by atoms with Crippen LogP contribution in [-0.2, 0) is 10.0 Å². The number of halogens is 1. The zero-order chi connectivity index (χ0) is 27.7. The van der Waals surface area contributed by atoms with Gasteiger partial charge in [0.1, 0.15) is 5.82 Å². The molecule has 0 amide bonds. The molecule has 3 heterocycles. The highest BCUT2D eigenvalue weighted by Crippen LogP contribution is 2.29. The Morgan fingerprint density at radius 2 is 2.03 bits per heavy atom. The smallest absolute Gasteiger partial charge is 0.408 e. The predicted octanol–water partition coefficient (Wildman–Crippen LogP) is 3.27. The van der Waals surface area contributed by atoms with E-state index in [0.29, 0.717) is 24.2 Å². The van der Waals surface area contributed by atoms with Crippen LogP contribution in [0.3, 0.4) is 0 Å². The summed E-state index contributed by atoms with van der Waals surface area (Å²) in [4.78, 5) is 18.5. The van der Waals surface area contributed by atoms with Gasteiger partial charge in [0.25, 0.3) is 10.0 Å². The van der Waals surface area contributed by atoms with Gasteiger partial charge in [-0.1, -0.05) is 36.1 Å². The third kappa shape index (κ3) is 5.59. The molecule has 1 aliphatic rings. The molecule has 2 unspecified atom stereocenters. The van der Waals surface area contributed by atoms with Crippen molar-refractivity contribution < 1.29 is 22.3 Å². The fourth-order valence-electron chi connectivity index (χ4n) is 4.80. The van der Waals surface area contributed by atoms with Crippen molar-refractivity contribution in [3.8, 4) is 11.8 Å². The number of nitrogens with zero attached hydrogens (tertiary/aromatic N) is 3. The molecular weight excluding hydrogens is 523 g/mol. The summed E-state index contributed by atoms with van der Waals surface area (Å²) in [6.45, 7) is 5.40. The Morgan fingerprint density at radius 1 is 1.23 bits per heavy atom. The van der Waals surface area contributed by atoms with Crippen LogP contribution < -0.4 is 10.5 Å². The number of fused-ring (bicyclic) bond motifs is 1. The number of sulfonamides is 1. The number of hydrogen-bond acceptors (Lipinski definition) is 7. The Hall–Kier alpha value is -3.98. The number of rotatable bonds is 6. The van der Waals surface area contributed by atoms with Crippen LogP contribution in [0.5, 0.6) is 0 Å². The molecule has 11 heteroatoms. The average Bonchev–Trinajstić information content (AvgIpc) is 3.44. The number of aromatic nitrogens is 2. The second-order valence-electron chi connectivity index (χ2n) is 9.52. The monoisotopic (exact) mass is 550 g/mol. The van der Waals surface area contributed by atoms with Gasteiger partial charge < -0.3 is 9.52 Å². The molecule has 2 N–H and O–H groups in total. The number of aryl methyl sites for hydroxylation is 1. The number of aliphatic hydroxyl groups excluding tert-OH is 1. The molecule has 1 saturated heterocycles. The molecule has 0 bridgehead atoms. The van der Waals surface area contributed by atoms with Crippen LogP contribution in [0.15, 0.2) is 68.7 Å². The van der Waals surface area contributed by atoms with E-state index < -0.39 is 27.8 Å². The zero-order valence-electron chi connectivity index (χ0n) is 21.4. The summed E-state index contributed by atoms with van der Waals surface area (Å²) < 4.78 is 48.8. The lowest BCUT2D eigenvalue weighted by atomic mass is 10.0. The summed E-state index contributed by atoms with van der Waals surface area (Å²) in [6.07, 6.45) is 0.430. The van der Waals surface area contributed by atoms with Crippen LogP contribution >= 0.6 is 0 Å². The van der Waals surface area contributed by atoms with E-state index in [1.165, 1.54) is 22.8 Å². The largest absolute Gasteiger partial charge is 0.420 e. The normalized spacial score (nSPS) is 16.7. The SMILES string of the molecule is Cc1cc2c(cc1S(=O)(=O)Nc1cccc(F)n1)oc(=O)n2C(C)c1ccccc1C#CCN1CCC(O)C1. The molecule has 39 heavy (non-hydrogen) atoms. The van der Waals surface area contributed by atoms with Crippen LogP contribution in [0.2, 0.25) is 0 Å². The van der Waals surface area contributed by atoms with Crippen molar-refractivity contribution in [3.05, 3.63) is 87.8 Å². The van der Waals surface area contributed by atoms with E-state index >= 15 is 0 Å². The standard InChI is InChI=1S/C28H27FN4O5S/c1-18-15-23-24(16-25(18)39(36,37)31-27-11-5-10-26(29)30-27)38-28(35)33(23)19(2)22-9-4-3-7-20(22)8-6-13-32-14-12-21(34)17-32/h3-5,7,9-11,15-16,19,21,34H,12-14,17H2,1-2H3,(H,30,31). The summed E-state index contributed by atoms with van der Waals surface area (Å²) in [7, 11) is -4.14. The number of benzene rings is 2. The Balaban J connectivity index is 1.47. The maximum absolute atomic E-state index is 13.5. The third-order valence-electron chi connectivity index (χ3n) is 6.72. The quantitative estimate of drug-likeness (QED) is 0.280. The van der Waals surface area contributed by atoms with Crippen molar-refractivity contribution in [1.29, 1.82) is 0 Å². The summed E-state index contributed by atoms with van der Waals surface area (Å²) in [5.41, 5.74) is 2.47. The van der Waals surface area contributed by atoms with E-state index in [1.807, 2.05) is 31.2 Å². The van der Waals surface area contributed by atoms with Crippen LogP contribution in [0.1, 0.15) is 36.1 Å². The molecule has 0 spiro atoms. The first-order valence-electron chi connectivity index (χ1n) is 12.4. The minimum Gasteiger partial charge on any atom is -0.408 e. The second-order valence-corrected chi connectivity index (χ2v) is 11.2. The van der Waals surface area contributed by atoms with Crippen molar-refractivity contribution in [2.75, 3.05) is 24.4 Å². The minimum atomic E-state index is -4.14. The van der Waals surface area contributed by atoms with Gasteiger partial charge in [0.15, 0.2) is 5.58 Å². The lowest BCUT2D eigenvalue weighted by Crippen LogP contribution is -2.22. The van der Waals surface area contributed by atoms with Gasteiger partial charge in [-0.25, -0.2) is 18.2 Å². The number of oxazole rings is 1. The predicted molar refractivity (Wildman–Crippen MR) is 144 cm³/mol. The van der Waals surface area contributed by atoms with E-state index in [0.717, 1.165) is 30.2 Å². The number of likely N-dealkylation sites (tertiary alicyclic amines) is 1. The molecule has 9 nitrogen and oxygen atoms in total. The van der Waals surface area contributed by atoms with Crippen LogP contribution in [0.25, 0.3) is 11.1 Å². The molecule has 1 aliphatic heterocycles. The fraction of sp³-hybridized carbons (Fsp3) is 0.286. The molecule has 5 rings (SSSR count). The van der Waals surface area contributed by atoms with Gasteiger partial charge in [0.2, 0.25) is 5.95 Å². The molecule has 2 aromatic carbocycles. The lowest BCUT2D eigenvalue weighted by Gasteiger charge is -2.16. The Kier molecular flexibility index (Phi) is 7.27. The number of anilines is 1. The van der Waals surface area contributed by atoms with Crippen LogP contribution in [0.4, 0.5) is 10.2 Å². The number of pyridine rings is 1. The van der Waals surface area contributed by atoms with Gasteiger partial charge in [0, 0.05) is 24.7 Å². The van der Waals surface area contributed by atoms with Crippen LogP contribution in [0, 0.1) is 24.7 Å². The van der Waals surface area contributed by atoms with Crippen molar-refractivity contribution in [1.82, 2.24) is 14.5 Å². The highest BCUT2D eigenvalue weighted by atomic mass is 32.2. The highest BCUT2D eigenvalue weighted by Gasteiger charge is 2.24. The molecular formula is C28H27FN4O5S. The molecule has 1 fully saturated rings. The molecule has 0 aliphatic carbocycles. The van der Waals surface area contributed by atoms with Crippen LogP contribution in [-0.4, -0.2) is 53.7 Å². The first-order valence-corrected chi connectivity index (χ1v) is 13.9. The zero-order valence-corrected chi connectivity index (χ0v) is 22.2. The molecule has 2 aromatic heterocycles. The van der Waals surface area contributed by atoms with E-state index in [9.17, 15) is 22.7 Å². The van der Waals surface area contributed by atoms with Crippen molar-refractivity contribution >= 4 is 26.9 Å². The fourth-order valence-corrected chi connectivity index (χ4v) is 6.04. The minimum absolute atomic E-state index is 0.0983. The van der Waals surface area contributed by atoms with Gasteiger partial charge in [-0.2, -0.15) is 4.39 Å². The average molecular weight is 551 g/mol. The Labute approximate surface area is 225 Å². The summed E-state index contributed by atoms with van der Waals surface area (Å²) in [5.74, 6) is 4.73. The molecule has 0 radical (unpaired) electrons. The summed E-state index contributed by atoms with van der Waals surface area (Å²) >= 11 is 0. The maximum atomic E-state index is 13.5. The van der Waals surface area contributed by atoms with Crippen molar-refractivity contribution in [3.63, 3.8) is 0 Å². The topological polar surface area (TPSA) is 118 Å². The van der Waals surface area contributed by atoms with E-state index in [2.05, 4.69) is 26.4 Å². The third-order valence-corrected chi connectivity index (χ3v) is 8.22.